The van der Waals surface area contributed by atoms with Gasteiger partial charge in [-0.15, -0.1) is 6.42 Å². The van der Waals surface area contributed by atoms with Crippen LogP contribution in [0.1, 0.15) is 16.9 Å². The van der Waals surface area contributed by atoms with Gasteiger partial charge in [0.25, 0.3) is 0 Å². The van der Waals surface area contributed by atoms with E-state index in [-0.39, 0.29) is 12.2 Å². The summed E-state index contributed by atoms with van der Waals surface area (Å²) in [4.78, 5) is 15.1. The summed E-state index contributed by atoms with van der Waals surface area (Å²) in [6.45, 7) is 1.19. The number of rotatable bonds is 4. The molecule has 4 nitrogen and oxygen atoms in total. The Hall–Kier alpha value is -1.60. The Morgan fingerprint density at radius 1 is 1.77 bits per heavy atom. The van der Waals surface area contributed by atoms with Crippen LogP contribution in [-0.4, -0.2) is 21.9 Å². The number of terminal acetylenes is 1. The van der Waals surface area contributed by atoms with Crippen LogP contribution in [0.4, 0.5) is 0 Å². The number of nitrogens with zero attached hydrogens (tertiary/aromatic N) is 2. The van der Waals surface area contributed by atoms with Crippen LogP contribution in [0.25, 0.3) is 0 Å². The summed E-state index contributed by atoms with van der Waals surface area (Å²) in [5, 5.41) is 0. The van der Waals surface area contributed by atoms with Gasteiger partial charge in [-0.1, -0.05) is 5.92 Å². The molecule has 1 aromatic rings. The van der Waals surface area contributed by atoms with Crippen molar-refractivity contribution in [1.29, 1.82) is 0 Å². The zero-order valence-corrected chi connectivity index (χ0v) is 7.23. The van der Waals surface area contributed by atoms with Gasteiger partial charge in [0.1, 0.15) is 5.69 Å². The molecule has 0 amide bonds. The van der Waals surface area contributed by atoms with Crippen molar-refractivity contribution in [3.63, 3.8) is 0 Å². The molecule has 1 rings (SSSR count). The Bertz CT molecular complexity index is 335. The fraction of sp³-hybridized carbons (Fsp3) is 0.333. The van der Waals surface area contributed by atoms with Gasteiger partial charge in [0, 0.05) is 19.3 Å². The van der Waals surface area contributed by atoms with Crippen molar-refractivity contribution in [3.8, 4) is 12.3 Å². The van der Waals surface area contributed by atoms with Gasteiger partial charge in [0.05, 0.1) is 12.7 Å². The third-order valence-electron chi connectivity index (χ3n) is 1.57. The molecule has 1 heterocycles. The molecule has 0 aliphatic heterocycles. The lowest BCUT2D eigenvalue weighted by Gasteiger charge is -1.94. The summed E-state index contributed by atoms with van der Waals surface area (Å²) in [7, 11) is 0. The van der Waals surface area contributed by atoms with E-state index in [0.29, 0.717) is 18.8 Å². The minimum atomic E-state index is -0.127. The van der Waals surface area contributed by atoms with Crippen molar-refractivity contribution in [3.05, 3.63) is 18.2 Å². The van der Waals surface area contributed by atoms with Crippen molar-refractivity contribution in [2.75, 3.05) is 6.54 Å². The molecular weight excluding hydrogens is 166 g/mol. The standard InChI is InChI=1S/C9H11N3O/c1-2-3-9(13)8-6-12(5-4-10)7-11-8/h1,6-7H,3-5,10H2. The molecule has 0 atom stereocenters. The van der Waals surface area contributed by atoms with Crippen LogP contribution >= 0.6 is 0 Å². The minimum Gasteiger partial charge on any atom is -0.335 e. The van der Waals surface area contributed by atoms with Crippen molar-refractivity contribution in [2.45, 2.75) is 13.0 Å². The second-order valence-electron chi connectivity index (χ2n) is 2.59. The van der Waals surface area contributed by atoms with Crippen LogP contribution in [0.2, 0.25) is 0 Å². The zero-order valence-electron chi connectivity index (χ0n) is 7.23. The van der Waals surface area contributed by atoms with E-state index in [1.54, 1.807) is 17.1 Å². The van der Waals surface area contributed by atoms with Gasteiger partial charge in [0.15, 0.2) is 5.78 Å². The summed E-state index contributed by atoms with van der Waals surface area (Å²) in [5.41, 5.74) is 5.75. The normalized spacial score (nSPS) is 9.54. The smallest absolute Gasteiger partial charge is 0.194 e. The first-order valence-electron chi connectivity index (χ1n) is 3.96. The maximum Gasteiger partial charge on any atom is 0.194 e. The number of Topliss-reactive ketones (excluding diaryl/α,β-unsaturated/α-hetero) is 1. The van der Waals surface area contributed by atoms with Crippen molar-refractivity contribution in [1.82, 2.24) is 9.55 Å². The van der Waals surface area contributed by atoms with Gasteiger partial charge in [-0.3, -0.25) is 4.79 Å². The van der Waals surface area contributed by atoms with E-state index in [4.69, 9.17) is 12.2 Å². The largest absolute Gasteiger partial charge is 0.335 e. The molecular formula is C9H11N3O. The Morgan fingerprint density at radius 2 is 2.54 bits per heavy atom. The molecule has 0 radical (unpaired) electrons. The third-order valence-corrected chi connectivity index (χ3v) is 1.57. The van der Waals surface area contributed by atoms with Crippen molar-refractivity contribution >= 4 is 5.78 Å². The highest BCUT2D eigenvalue weighted by Crippen LogP contribution is 1.99. The maximum atomic E-state index is 11.2. The number of hydrogen-bond acceptors (Lipinski definition) is 3. The van der Waals surface area contributed by atoms with E-state index >= 15 is 0 Å². The first kappa shape index (κ1) is 9.49. The third kappa shape index (κ3) is 2.42. The molecule has 13 heavy (non-hydrogen) atoms. The van der Waals surface area contributed by atoms with Gasteiger partial charge in [-0.2, -0.15) is 0 Å². The summed E-state index contributed by atoms with van der Waals surface area (Å²) in [6.07, 6.45) is 8.34. The van der Waals surface area contributed by atoms with Gasteiger partial charge in [0.2, 0.25) is 0 Å². The highest BCUT2D eigenvalue weighted by molar-refractivity contribution is 5.95. The molecule has 0 aliphatic carbocycles. The average Bonchev–Trinajstić information content (AvgIpc) is 2.54. The van der Waals surface area contributed by atoms with Gasteiger partial charge in [-0.05, 0) is 0 Å². The number of aromatic nitrogens is 2. The second kappa shape index (κ2) is 4.43. The van der Waals surface area contributed by atoms with E-state index in [2.05, 4.69) is 10.9 Å². The molecule has 0 bridgehead atoms. The summed E-state index contributed by atoms with van der Waals surface area (Å²) < 4.78 is 1.77. The molecule has 1 aromatic heterocycles. The van der Waals surface area contributed by atoms with Crippen LogP contribution in [-0.2, 0) is 6.54 Å². The Kier molecular flexibility index (Phi) is 3.23. The van der Waals surface area contributed by atoms with Gasteiger partial charge < -0.3 is 10.3 Å². The molecule has 4 heteroatoms. The second-order valence-corrected chi connectivity index (χ2v) is 2.59. The predicted octanol–water partition coefficient (Wildman–Crippen LogP) is 0.0478. The number of carbonyl (C=O) groups excluding carboxylic acids is 1. The lowest BCUT2D eigenvalue weighted by Crippen LogP contribution is -2.08. The monoisotopic (exact) mass is 177 g/mol. The van der Waals surface area contributed by atoms with Crippen molar-refractivity contribution in [2.24, 2.45) is 5.73 Å². The highest BCUT2D eigenvalue weighted by atomic mass is 16.1. The lowest BCUT2D eigenvalue weighted by atomic mass is 10.2. The first-order chi connectivity index (χ1) is 6.27. The van der Waals surface area contributed by atoms with Gasteiger partial charge in [-0.25, -0.2) is 4.98 Å². The topological polar surface area (TPSA) is 60.9 Å². The van der Waals surface area contributed by atoms with E-state index in [9.17, 15) is 4.79 Å². The molecule has 68 valence electrons. The highest BCUT2D eigenvalue weighted by Gasteiger charge is 2.06. The van der Waals surface area contributed by atoms with E-state index in [1.807, 2.05) is 0 Å². The van der Waals surface area contributed by atoms with Crippen LogP contribution < -0.4 is 5.73 Å². The molecule has 0 saturated heterocycles. The number of ketones is 1. The molecule has 0 aliphatic rings. The number of nitrogens with two attached hydrogens (primary N) is 1. The number of imidazole rings is 1. The summed E-state index contributed by atoms with van der Waals surface area (Å²) >= 11 is 0. The molecule has 2 N–H and O–H groups in total. The zero-order chi connectivity index (χ0) is 9.68. The predicted molar refractivity (Wildman–Crippen MR) is 49.1 cm³/mol. The Balaban J connectivity index is 2.69. The van der Waals surface area contributed by atoms with Crippen LogP contribution in [0, 0.1) is 12.3 Å². The fourth-order valence-corrected chi connectivity index (χ4v) is 0.959. The molecule has 0 saturated carbocycles. The van der Waals surface area contributed by atoms with Crippen LogP contribution in [0.3, 0.4) is 0 Å². The van der Waals surface area contributed by atoms with E-state index in [1.165, 1.54) is 0 Å². The Labute approximate surface area is 76.8 Å². The lowest BCUT2D eigenvalue weighted by molar-refractivity contribution is 0.0994. The fourth-order valence-electron chi connectivity index (χ4n) is 0.959. The van der Waals surface area contributed by atoms with E-state index in [0.717, 1.165) is 0 Å². The molecule has 0 spiro atoms. The molecule has 0 fully saturated rings. The van der Waals surface area contributed by atoms with E-state index < -0.39 is 0 Å². The number of hydrogen-bond donors (Lipinski definition) is 1. The first-order valence-corrected chi connectivity index (χ1v) is 3.96. The van der Waals surface area contributed by atoms with Crippen LogP contribution in [0.15, 0.2) is 12.5 Å². The number of carbonyl (C=O) groups is 1. The van der Waals surface area contributed by atoms with Gasteiger partial charge >= 0.3 is 0 Å². The SMILES string of the molecule is C#CCC(=O)c1cn(CCN)cn1. The molecule has 0 unspecified atom stereocenters. The average molecular weight is 177 g/mol. The van der Waals surface area contributed by atoms with Crippen LogP contribution in [0.5, 0.6) is 0 Å². The summed E-state index contributed by atoms with van der Waals surface area (Å²) in [5.74, 6) is 2.16. The molecule has 0 aromatic carbocycles. The Morgan fingerprint density at radius 3 is 3.15 bits per heavy atom. The summed E-state index contributed by atoms with van der Waals surface area (Å²) in [6, 6.07) is 0. The maximum absolute atomic E-state index is 11.2. The minimum absolute atomic E-state index is 0.0969. The quantitative estimate of drug-likeness (QED) is 0.522. The van der Waals surface area contributed by atoms with Crippen molar-refractivity contribution < 1.29 is 4.79 Å².